The highest BCUT2D eigenvalue weighted by Crippen LogP contribution is 2.42. The zero-order chi connectivity index (χ0) is 36.1. The maximum Gasteiger partial charge on any atom is 0.243 e. The molecule has 0 bridgehead atoms. The summed E-state index contributed by atoms with van der Waals surface area (Å²) in [6.45, 7) is 3.15. The Morgan fingerprint density at radius 2 is 1.29 bits per heavy atom. The van der Waals surface area contributed by atoms with E-state index in [4.69, 9.17) is 11.5 Å². The number of amides is 3. The zero-order valence-corrected chi connectivity index (χ0v) is 29.8. The molecule has 1 heterocycles. The smallest absolute Gasteiger partial charge is 0.243 e. The number of rotatable bonds is 17. The molecule has 3 atom stereocenters. The number of Topliss-reactive ketones (excluding diaryl/α,β-unsaturated/α-hetero) is 1. The molecule has 2 fully saturated rings. The first-order valence-corrected chi connectivity index (χ1v) is 18.8. The van der Waals surface area contributed by atoms with E-state index in [1.807, 2.05) is 91.0 Å². The molecule has 51 heavy (non-hydrogen) atoms. The summed E-state index contributed by atoms with van der Waals surface area (Å²) >= 11 is 0. The number of carbonyl (C=O) groups excluding carboxylic acids is 4. The molecule has 2 aliphatic rings. The predicted octanol–water partition coefficient (Wildman–Crippen LogP) is 5.20. The molecule has 9 heteroatoms. The van der Waals surface area contributed by atoms with Crippen LogP contribution in [0.25, 0.3) is 0 Å². The Kier molecular flexibility index (Phi) is 13.9. The molecule has 1 aliphatic carbocycles. The van der Waals surface area contributed by atoms with Crippen LogP contribution >= 0.6 is 0 Å². The quantitative estimate of drug-likeness (QED) is 0.113. The molecule has 6 N–H and O–H groups in total. The van der Waals surface area contributed by atoms with Crippen LogP contribution in [-0.2, 0) is 24.6 Å². The molecule has 9 nitrogen and oxygen atoms in total. The third-order valence-corrected chi connectivity index (χ3v) is 10.7. The summed E-state index contributed by atoms with van der Waals surface area (Å²) in [5, 5.41) is 5.63. The summed E-state index contributed by atoms with van der Waals surface area (Å²) < 4.78 is 0. The molecule has 0 spiro atoms. The average Bonchev–Trinajstić information content (AvgIpc) is 3.13. The van der Waals surface area contributed by atoms with Crippen molar-refractivity contribution in [3.63, 3.8) is 0 Å². The Morgan fingerprint density at radius 1 is 0.745 bits per heavy atom. The Bertz CT molecular complexity index is 1470. The maximum absolute atomic E-state index is 14.1. The summed E-state index contributed by atoms with van der Waals surface area (Å²) in [4.78, 5) is 55.2. The third-order valence-electron chi connectivity index (χ3n) is 10.7. The number of hydrogen-bond donors (Lipinski definition) is 4. The van der Waals surface area contributed by atoms with Crippen LogP contribution in [0.3, 0.4) is 0 Å². The average molecular weight is 694 g/mol. The molecule has 1 saturated carbocycles. The number of piperidine rings is 1. The van der Waals surface area contributed by atoms with Gasteiger partial charge in [0, 0.05) is 38.8 Å². The van der Waals surface area contributed by atoms with Gasteiger partial charge in [0.2, 0.25) is 17.7 Å². The first-order valence-electron chi connectivity index (χ1n) is 18.8. The van der Waals surface area contributed by atoms with Crippen LogP contribution in [0.4, 0.5) is 0 Å². The highest BCUT2D eigenvalue weighted by Gasteiger charge is 2.39. The van der Waals surface area contributed by atoms with Gasteiger partial charge < -0.3 is 27.0 Å². The van der Waals surface area contributed by atoms with Crippen LogP contribution in [0.1, 0.15) is 93.7 Å². The number of nitrogens with two attached hydrogens (primary N) is 2. The summed E-state index contributed by atoms with van der Waals surface area (Å²) in [6, 6.07) is 28.4. The van der Waals surface area contributed by atoms with E-state index in [1.165, 1.54) is 32.1 Å². The van der Waals surface area contributed by atoms with Gasteiger partial charge in [0.25, 0.3) is 0 Å². The van der Waals surface area contributed by atoms with Crippen molar-refractivity contribution >= 4 is 23.5 Å². The second-order valence-electron chi connectivity index (χ2n) is 14.6. The summed E-state index contributed by atoms with van der Waals surface area (Å²) in [6.07, 6.45) is 8.14. The Hall–Kier alpha value is -4.34. The van der Waals surface area contributed by atoms with E-state index in [1.54, 1.807) is 0 Å². The predicted molar refractivity (Wildman–Crippen MR) is 200 cm³/mol. The van der Waals surface area contributed by atoms with E-state index >= 15 is 0 Å². The van der Waals surface area contributed by atoms with Crippen LogP contribution in [0.15, 0.2) is 91.0 Å². The first-order chi connectivity index (χ1) is 24.7. The minimum Gasteiger partial charge on any atom is -0.370 e. The lowest BCUT2D eigenvalue weighted by atomic mass is 9.67. The van der Waals surface area contributed by atoms with Gasteiger partial charge in [0.05, 0.1) is 11.6 Å². The SMILES string of the molecule is NC(=O)CC[C@H](NC(=O)CC(c1ccccc1)(c1ccccc1)c1ccccc1)C(=O)NC(N)CC(=O)C[C@H]1CCCN(CC2CCCCC2)C1. The molecule has 0 aromatic heterocycles. The van der Waals surface area contributed by atoms with E-state index in [9.17, 15) is 19.2 Å². The van der Waals surface area contributed by atoms with E-state index in [2.05, 4.69) is 15.5 Å². The van der Waals surface area contributed by atoms with Crippen molar-refractivity contribution in [1.82, 2.24) is 15.5 Å². The van der Waals surface area contributed by atoms with E-state index in [0.29, 0.717) is 12.3 Å². The van der Waals surface area contributed by atoms with Crippen molar-refractivity contribution < 1.29 is 19.2 Å². The lowest BCUT2D eigenvalue weighted by Gasteiger charge is -2.36. The number of ketones is 1. The normalized spacial score (nSPS) is 18.3. The van der Waals surface area contributed by atoms with Crippen molar-refractivity contribution in [2.75, 3.05) is 19.6 Å². The van der Waals surface area contributed by atoms with Gasteiger partial charge in [-0.1, -0.05) is 110 Å². The van der Waals surface area contributed by atoms with E-state index < -0.39 is 29.4 Å². The Labute approximate surface area is 302 Å². The maximum atomic E-state index is 14.1. The number of hydrogen-bond acceptors (Lipinski definition) is 6. The standard InChI is InChI=1S/C42H55N5O4/c43-38(27-36(48)26-32-16-13-25-47(30-32)29-31-14-5-1-6-15-31)46-41(51)37(23-24-39(44)49)45-40(50)28-42(33-17-7-2-8-18-33,34-19-9-3-10-20-34)35-21-11-4-12-22-35/h2-4,7-12,17-22,31-32,37-38H,1,5-6,13-16,23-30,43H2,(H2,44,49)(H,45,50)(H,46,51)/t32-,37+,38?/m1/s1. The van der Waals surface area contributed by atoms with Gasteiger partial charge >= 0.3 is 0 Å². The monoisotopic (exact) mass is 693 g/mol. The molecule has 3 aromatic rings. The van der Waals surface area contributed by atoms with Gasteiger partial charge in [-0.25, -0.2) is 0 Å². The van der Waals surface area contributed by atoms with Crippen molar-refractivity contribution in [3.05, 3.63) is 108 Å². The molecular formula is C42H55N5O4. The van der Waals surface area contributed by atoms with Gasteiger partial charge in [-0.2, -0.15) is 0 Å². The highest BCUT2D eigenvalue weighted by atomic mass is 16.2. The van der Waals surface area contributed by atoms with Crippen LogP contribution in [0.2, 0.25) is 0 Å². The highest BCUT2D eigenvalue weighted by molar-refractivity contribution is 5.90. The van der Waals surface area contributed by atoms with Gasteiger partial charge in [-0.3, -0.25) is 19.2 Å². The lowest BCUT2D eigenvalue weighted by Crippen LogP contribution is -2.53. The number of nitrogens with one attached hydrogen (secondary N) is 2. The molecule has 0 radical (unpaired) electrons. The molecule has 272 valence electrons. The minimum atomic E-state index is -1.07. The fourth-order valence-electron chi connectivity index (χ4n) is 8.22. The molecule has 5 rings (SSSR count). The second kappa shape index (κ2) is 18.8. The minimum absolute atomic E-state index is 0.000480. The van der Waals surface area contributed by atoms with Gasteiger partial charge in [-0.15, -0.1) is 0 Å². The molecule has 3 amide bonds. The Morgan fingerprint density at radius 3 is 1.84 bits per heavy atom. The Balaban J connectivity index is 1.24. The zero-order valence-electron chi connectivity index (χ0n) is 29.8. The van der Waals surface area contributed by atoms with Crippen molar-refractivity contribution in [3.8, 4) is 0 Å². The van der Waals surface area contributed by atoms with Crippen LogP contribution in [0.5, 0.6) is 0 Å². The summed E-state index contributed by atoms with van der Waals surface area (Å²) in [7, 11) is 0. The molecular weight excluding hydrogens is 638 g/mol. The van der Waals surface area contributed by atoms with Crippen molar-refractivity contribution in [2.45, 2.75) is 94.7 Å². The van der Waals surface area contributed by atoms with Gasteiger partial charge in [0.15, 0.2) is 0 Å². The number of carbonyl (C=O) groups is 4. The molecule has 3 aromatic carbocycles. The fourth-order valence-corrected chi connectivity index (χ4v) is 8.22. The molecule has 1 aliphatic heterocycles. The van der Waals surface area contributed by atoms with Crippen LogP contribution < -0.4 is 22.1 Å². The number of benzene rings is 3. The topological polar surface area (TPSA) is 148 Å². The second-order valence-corrected chi connectivity index (χ2v) is 14.6. The molecule has 1 unspecified atom stereocenters. The van der Waals surface area contributed by atoms with E-state index in [0.717, 1.165) is 55.1 Å². The van der Waals surface area contributed by atoms with Crippen LogP contribution in [0, 0.1) is 11.8 Å². The number of likely N-dealkylation sites (tertiary alicyclic amines) is 1. The summed E-state index contributed by atoms with van der Waals surface area (Å²) in [5.41, 5.74) is 13.7. The van der Waals surface area contributed by atoms with Crippen molar-refractivity contribution in [2.24, 2.45) is 23.3 Å². The number of nitrogens with zero attached hydrogens (tertiary/aromatic N) is 1. The van der Waals surface area contributed by atoms with Crippen molar-refractivity contribution in [1.29, 1.82) is 0 Å². The van der Waals surface area contributed by atoms with E-state index in [-0.39, 0.29) is 37.4 Å². The first kappa shape index (κ1) is 37.9. The lowest BCUT2D eigenvalue weighted by molar-refractivity contribution is -0.130. The van der Waals surface area contributed by atoms with Gasteiger partial charge in [0.1, 0.15) is 11.8 Å². The van der Waals surface area contributed by atoms with Gasteiger partial charge in [-0.05, 0) is 67.2 Å². The van der Waals surface area contributed by atoms with Crippen LogP contribution in [-0.4, -0.2) is 60.2 Å². The third kappa shape index (κ3) is 10.8. The fraction of sp³-hybridized carbons (Fsp3) is 0.476. The largest absolute Gasteiger partial charge is 0.370 e. The number of primary amides is 1. The summed E-state index contributed by atoms with van der Waals surface area (Å²) in [5.74, 6) is -0.435. The molecule has 1 saturated heterocycles.